The number of hydrogen-bond donors (Lipinski definition) is 3. The molecule has 2 saturated heterocycles. The van der Waals surface area contributed by atoms with Crippen LogP contribution in [0.4, 0.5) is 0 Å². The van der Waals surface area contributed by atoms with Crippen molar-refractivity contribution in [1.29, 1.82) is 0 Å². The Balaban J connectivity index is 1.26. The maximum absolute atomic E-state index is 14.8. The largest absolute Gasteiger partial charge is 0.508 e. The van der Waals surface area contributed by atoms with Crippen LogP contribution in [-0.4, -0.2) is 145 Å². The number of ether oxygens (including phenoxy) is 2. The number of likely N-dealkylation sites (N-methyl/N-ethyl adjacent to an activating group) is 2. The van der Waals surface area contributed by atoms with Crippen LogP contribution in [0.15, 0.2) is 66.2 Å². The van der Waals surface area contributed by atoms with Crippen molar-refractivity contribution in [1.82, 2.24) is 39.4 Å². The number of hydrazine groups is 1. The Kier molecular flexibility index (Phi) is 16.5. The maximum atomic E-state index is 14.8. The van der Waals surface area contributed by atoms with Crippen molar-refractivity contribution in [3.8, 4) is 28.1 Å². The van der Waals surface area contributed by atoms with Crippen molar-refractivity contribution in [3.05, 3.63) is 83.0 Å². The molecular formula is C53H72N8O9S. The number of nitrogens with one attached hydrogen (secondary N) is 2. The van der Waals surface area contributed by atoms with E-state index in [0.717, 1.165) is 39.0 Å². The van der Waals surface area contributed by atoms with E-state index in [9.17, 15) is 32.7 Å². The standard InChI is InChI=1S/C53H72N8O9S/c1-11-60-45-18-17-36-29-41(45)42(48(60)40-15-12-20-54-46(40)34(4)69-10)30-53(5,6)32-70-52(66)43-16-13-22-61(56-43)51(65)44(27-35-25-38(36)28-39(62)26-35)55-49(63)47(33(2)3)58(9)50(64)37-19-23-59(31-37)71(67,68)24-14-21-57(7)8/h12,14-15,17-18,20,24-26,28-29,33-34,37,43-44,47,56,62H,11,13,16,19,21-23,27,30-32H2,1-10H3,(H,55,63)/b24-14+/t34-,37-,43-,44-,47-/m0/s1. The first-order valence-electron chi connectivity index (χ1n) is 24.7. The molecule has 5 heterocycles. The lowest BCUT2D eigenvalue weighted by atomic mass is 9.84. The highest BCUT2D eigenvalue weighted by molar-refractivity contribution is 7.92. The molecule has 3 aliphatic heterocycles. The van der Waals surface area contributed by atoms with Gasteiger partial charge in [0.2, 0.25) is 21.8 Å². The summed E-state index contributed by atoms with van der Waals surface area (Å²) >= 11 is 0. The number of benzene rings is 2. The van der Waals surface area contributed by atoms with Crippen molar-refractivity contribution in [2.45, 2.75) is 104 Å². The zero-order valence-electron chi connectivity index (χ0n) is 42.9. The molecule has 0 unspecified atom stereocenters. The number of amides is 3. The Labute approximate surface area is 418 Å². The van der Waals surface area contributed by atoms with Crippen LogP contribution in [0.3, 0.4) is 0 Å². The van der Waals surface area contributed by atoms with Crippen molar-refractivity contribution in [3.63, 3.8) is 0 Å². The highest BCUT2D eigenvalue weighted by Gasteiger charge is 2.41. The summed E-state index contributed by atoms with van der Waals surface area (Å²) < 4.78 is 41.8. The molecule has 2 fully saturated rings. The molecule has 7 rings (SSSR count). The minimum atomic E-state index is -3.76. The van der Waals surface area contributed by atoms with Gasteiger partial charge in [0, 0.05) is 86.8 Å². The van der Waals surface area contributed by atoms with E-state index in [1.165, 1.54) is 26.7 Å². The Morgan fingerprint density at radius 2 is 1.82 bits per heavy atom. The number of aryl methyl sites for hydroxylation is 1. The number of phenolic OH excluding ortho intramolecular Hbond substituents is 1. The van der Waals surface area contributed by atoms with E-state index in [-0.39, 0.29) is 56.8 Å². The van der Waals surface area contributed by atoms with E-state index in [1.807, 2.05) is 58.0 Å². The predicted octanol–water partition coefficient (Wildman–Crippen LogP) is 5.66. The molecule has 17 nitrogen and oxygen atoms in total. The van der Waals surface area contributed by atoms with E-state index in [4.69, 9.17) is 14.5 Å². The molecule has 18 heteroatoms. The van der Waals surface area contributed by atoms with Crippen molar-refractivity contribution in [2.75, 3.05) is 61.0 Å². The number of esters is 1. The number of sulfonamides is 1. The number of pyridine rings is 1. The first kappa shape index (κ1) is 53.1. The molecule has 4 aromatic rings. The molecule has 0 saturated carbocycles. The van der Waals surface area contributed by atoms with Crippen LogP contribution in [-0.2, 0) is 58.1 Å². The van der Waals surface area contributed by atoms with Crippen LogP contribution in [0.25, 0.3) is 33.3 Å². The van der Waals surface area contributed by atoms with Crippen LogP contribution in [0, 0.1) is 17.3 Å². The summed E-state index contributed by atoms with van der Waals surface area (Å²) in [5.74, 6) is -3.08. The normalized spacial score (nSPS) is 21.1. The topological polar surface area (TPSA) is 196 Å². The molecule has 0 spiro atoms. The fraction of sp³-hybridized carbons (Fsp3) is 0.528. The summed E-state index contributed by atoms with van der Waals surface area (Å²) in [5, 5.41) is 17.9. The number of carbonyl (C=O) groups excluding carboxylic acids is 4. The van der Waals surface area contributed by atoms with E-state index < -0.39 is 63.2 Å². The van der Waals surface area contributed by atoms with Gasteiger partial charge in [-0.05, 0) is 118 Å². The number of phenols is 1. The summed E-state index contributed by atoms with van der Waals surface area (Å²) in [7, 11) is 3.11. The lowest BCUT2D eigenvalue weighted by Gasteiger charge is -2.37. The number of fused-ring (bicyclic) bond motifs is 6. The minimum Gasteiger partial charge on any atom is -0.508 e. The smallest absolute Gasteiger partial charge is 0.324 e. The number of hydrogen-bond acceptors (Lipinski definition) is 12. The van der Waals surface area contributed by atoms with Crippen LogP contribution in [0.5, 0.6) is 5.75 Å². The van der Waals surface area contributed by atoms with Gasteiger partial charge in [-0.25, -0.2) is 13.8 Å². The van der Waals surface area contributed by atoms with Crippen molar-refractivity contribution in [2.24, 2.45) is 17.3 Å². The second-order valence-corrected chi connectivity index (χ2v) is 22.5. The third-order valence-corrected chi connectivity index (χ3v) is 15.5. The van der Waals surface area contributed by atoms with Gasteiger partial charge in [0.1, 0.15) is 23.9 Å². The molecule has 5 atom stereocenters. The van der Waals surface area contributed by atoms with Gasteiger partial charge in [0.15, 0.2) is 0 Å². The lowest BCUT2D eigenvalue weighted by molar-refractivity contribution is -0.155. The van der Waals surface area contributed by atoms with Gasteiger partial charge >= 0.3 is 5.97 Å². The number of rotatable bonds is 13. The number of nitrogens with zero attached hydrogens (tertiary/aromatic N) is 6. The highest BCUT2D eigenvalue weighted by Crippen LogP contribution is 2.42. The first-order chi connectivity index (χ1) is 33.6. The molecular weight excluding hydrogens is 925 g/mol. The quantitative estimate of drug-likeness (QED) is 0.139. The molecule has 3 N–H and O–H groups in total. The number of aromatic nitrogens is 2. The molecule has 0 aliphatic carbocycles. The first-order valence-corrected chi connectivity index (χ1v) is 26.2. The van der Waals surface area contributed by atoms with Gasteiger partial charge in [0.05, 0.1) is 30.0 Å². The summed E-state index contributed by atoms with van der Waals surface area (Å²) in [5.41, 5.74) is 9.39. The number of methoxy groups -OCH3 is 1. The molecule has 2 aromatic heterocycles. The molecule has 71 heavy (non-hydrogen) atoms. The summed E-state index contributed by atoms with van der Waals surface area (Å²) in [6.07, 6.45) is 4.72. The van der Waals surface area contributed by atoms with Crippen molar-refractivity contribution >= 4 is 44.6 Å². The zero-order valence-corrected chi connectivity index (χ0v) is 43.7. The molecule has 3 aliphatic rings. The Morgan fingerprint density at radius 3 is 2.52 bits per heavy atom. The molecule has 2 aromatic carbocycles. The van der Waals surface area contributed by atoms with Crippen LogP contribution >= 0.6 is 0 Å². The van der Waals surface area contributed by atoms with E-state index in [1.54, 1.807) is 31.5 Å². The minimum absolute atomic E-state index is 0.0220. The summed E-state index contributed by atoms with van der Waals surface area (Å²) in [4.78, 5) is 65.6. The lowest BCUT2D eigenvalue weighted by Crippen LogP contribution is -2.62. The third-order valence-electron chi connectivity index (χ3n) is 13.9. The van der Waals surface area contributed by atoms with Gasteiger partial charge in [-0.3, -0.25) is 29.2 Å². The van der Waals surface area contributed by atoms with E-state index in [0.29, 0.717) is 43.5 Å². The van der Waals surface area contributed by atoms with Gasteiger partial charge in [0.25, 0.3) is 5.91 Å². The second kappa shape index (κ2) is 22.0. The Bertz CT molecular complexity index is 2770. The van der Waals surface area contributed by atoms with E-state index in [2.05, 4.69) is 54.3 Å². The molecule has 6 bridgehead atoms. The summed E-state index contributed by atoms with van der Waals surface area (Å²) in [6.45, 7) is 13.4. The fourth-order valence-electron chi connectivity index (χ4n) is 10.3. The van der Waals surface area contributed by atoms with Crippen LogP contribution in [0.1, 0.15) is 83.7 Å². The molecule has 384 valence electrons. The number of cyclic esters (lactones) is 1. The fourth-order valence-corrected chi connectivity index (χ4v) is 11.5. The van der Waals surface area contributed by atoms with Gasteiger partial charge < -0.3 is 34.3 Å². The van der Waals surface area contributed by atoms with Crippen molar-refractivity contribution < 1.29 is 42.2 Å². The van der Waals surface area contributed by atoms with Crippen LogP contribution < -0.4 is 10.7 Å². The Morgan fingerprint density at radius 1 is 1.06 bits per heavy atom. The number of aromatic hydroxyl groups is 1. The molecule has 0 radical (unpaired) electrons. The van der Waals surface area contributed by atoms with E-state index >= 15 is 0 Å². The maximum Gasteiger partial charge on any atom is 0.324 e. The molecule has 3 amide bonds. The average Bonchev–Trinajstić information content (AvgIpc) is 3.95. The SMILES string of the molecule is CCn1c(-c2cccnc2[C@H](C)OC)c2c3cc(ccc31)-c1cc(O)cc(c1)C[C@H](NC(=O)[C@H](C(C)C)N(C)C(=O)[C@H]1CCN(S(=O)(=O)/C=C/CN(C)C)C1)C(=O)N1CCC[C@H](N1)C(=O)OCC(C)(C)C2. The number of carbonyl (C=O) groups is 4. The van der Waals surface area contributed by atoms with Gasteiger partial charge in [-0.2, -0.15) is 4.31 Å². The monoisotopic (exact) mass is 997 g/mol. The Hall–Kier alpha value is -5.66. The average molecular weight is 997 g/mol. The van der Waals surface area contributed by atoms with Gasteiger partial charge in [-0.15, -0.1) is 0 Å². The zero-order chi connectivity index (χ0) is 51.5. The highest BCUT2D eigenvalue weighted by atomic mass is 32.2. The summed E-state index contributed by atoms with van der Waals surface area (Å²) in [6, 6.07) is 12.3. The van der Waals surface area contributed by atoms with Gasteiger partial charge in [-0.1, -0.05) is 45.9 Å². The second-order valence-electron chi connectivity index (χ2n) is 20.7. The van der Waals surface area contributed by atoms with Crippen LogP contribution in [0.2, 0.25) is 0 Å². The predicted molar refractivity (Wildman–Crippen MR) is 273 cm³/mol. The third kappa shape index (κ3) is 11.8.